The number of rotatable bonds is 4. The quantitative estimate of drug-likeness (QED) is 0.827. The van der Waals surface area contributed by atoms with Gasteiger partial charge < -0.3 is 20.3 Å². The molecule has 2 aliphatic rings. The van der Waals surface area contributed by atoms with Crippen molar-refractivity contribution in [3.63, 3.8) is 0 Å². The molecule has 8 nitrogen and oxygen atoms in total. The van der Waals surface area contributed by atoms with Crippen molar-refractivity contribution in [2.75, 3.05) is 48.9 Å². The molecule has 150 valence electrons. The number of nitrogens with zero attached hydrogens (tertiary/aromatic N) is 5. The Balaban J connectivity index is 1.62. The molecule has 1 aliphatic heterocycles. The van der Waals surface area contributed by atoms with Crippen molar-refractivity contribution in [3.05, 3.63) is 29.5 Å². The Kier molecular flexibility index (Phi) is 5.01. The number of anilines is 3. The van der Waals surface area contributed by atoms with Crippen LogP contribution in [-0.2, 0) is 11.2 Å². The zero-order chi connectivity index (χ0) is 19.7. The highest BCUT2D eigenvalue weighted by Gasteiger charge is 2.34. The third kappa shape index (κ3) is 3.84. The third-order valence-electron chi connectivity index (χ3n) is 5.24. The Morgan fingerprint density at radius 2 is 1.96 bits per heavy atom. The smallest absolute Gasteiger partial charge is 0.225 e. The second-order valence-corrected chi connectivity index (χ2v) is 8.05. The summed E-state index contributed by atoms with van der Waals surface area (Å²) in [7, 11) is 1.63. The number of fused-ring (bicyclic) bond motifs is 1. The highest BCUT2D eigenvalue weighted by Crippen LogP contribution is 2.41. The predicted molar refractivity (Wildman–Crippen MR) is 105 cm³/mol. The monoisotopic (exact) mass is 387 g/mol. The zero-order valence-electron chi connectivity index (χ0n) is 16.5. The largest absolute Gasteiger partial charge is 0.378 e. The number of morpholine rings is 1. The average Bonchev–Trinajstić information content (AvgIpc) is 2.68. The van der Waals surface area contributed by atoms with E-state index >= 15 is 0 Å². The van der Waals surface area contributed by atoms with Crippen LogP contribution in [0.1, 0.15) is 37.6 Å². The molecule has 28 heavy (non-hydrogen) atoms. The fraction of sp³-hybridized carbons (Fsp3) is 0.579. The van der Waals surface area contributed by atoms with Crippen LogP contribution in [0.25, 0.3) is 0 Å². The van der Waals surface area contributed by atoms with E-state index in [1.807, 2.05) is 6.20 Å². The maximum Gasteiger partial charge on any atom is 0.225 e. The minimum absolute atomic E-state index is 0.0346. The van der Waals surface area contributed by atoms with E-state index in [1.165, 1.54) is 6.20 Å². The van der Waals surface area contributed by atoms with Crippen molar-refractivity contribution >= 4 is 17.7 Å². The number of aromatic nitrogens is 4. The second kappa shape index (κ2) is 7.46. The van der Waals surface area contributed by atoms with E-state index in [0.717, 1.165) is 43.1 Å². The molecule has 1 saturated heterocycles. The number of halogens is 1. The molecule has 4 rings (SSSR count). The van der Waals surface area contributed by atoms with Crippen LogP contribution in [0.4, 0.5) is 22.1 Å². The van der Waals surface area contributed by atoms with E-state index in [0.29, 0.717) is 19.2 Å². The molecular weight excluding hydrogens is 361 g/mol. The van der Waals surface area contributed by atoms with E-state index in [2.05, 4.69) is 44.3 Å². The van der Waals surface area contributed by atoms with Gasteiger partial charge in [-0.25, -0.2) is 19.3 Å². The fourth-order valence-corrected chi connectivity index (χ4v) is 3.85. The molecule has 0 bridgehead atoms. The molecule has 9 heteroatoms. The van der Waals surface area contributed by atoms with Gasteiger partial charge in [0.05, 0.1) is 31.1 Å². The lowest BCUT2D eigenvalue weighted by Crippen LogP contribution is -2.38. The molecule has 0 radical (unpaired) electrons. The fourth-order valence-electron chi connectivity index (χ4n) is 3.85. The summed E-state index contributed by atoms with van der Waals surface area (Å²) in [5.74, 6) is 0.841. The Hall–Kier alpha value is -2.55. The van der Waals surface area contributed by atoms with E-state index in [4.69, 9.17) is 9.72 Å². The molecular formula is C19H26FN7O. The van der Waals surface area contributed by atoms with E-state index in [9.17, 15) is 4.39 Å². The number of hydrogen-bond donors (Lipinski definition) is 2. The SMILES string of the molecule is CNc1nc(N[C@@H]2CC(C)(C)Cc3nc(N4CCOCC4)ncc32)ncc1F. The molecule has 2 aromatic rings. The standard InChI is InChI=1S/C19H26FN7O/c1-19(2)8-14(24-17-22-11-13(20)16(21-3)26-17)12-10-23-18(25-15(12)9-19)27-4-6-28-7-5-27/h10-11,14H,4-9H2,1-3H3,(H2,21,22,24,26)/t14-/m1/s1. The minimum atomic E-state index is -0.476. The predicted octanol–water partition coefficient (Wildman–Crippen LogP) is 2.41. The third-order valence-corrected chi connectivity index (χ3v) is 5.24. The van der Waals surface area contributed by atoms with Crippen LogP contribution in [0.3, 0.4) is 0 Å². The first kappa shape index (κ1) is 18.8. The van der Waals surface area contributed by atoms with Crippen LogP contribution in [0, 0.1) is 11.2 Å². The lowest BCUT2D eigenvalue weighted by molar-refractivity contribution is 0.122. The van der Waals surface area contributed by atoms with Gasteiger partial charge in [-0.3, -0.25) is 0 Å². The molecule has 0 spiro atoms. The summed E-state index contributed by atoms with van der Waals surface area (Å²) in [6.07, 6.45) is 4.85. The Labute approximate surface area is 164 Å². The van der Waals surface area contributed by atoms with E-state index in [1.54, 1.807) is 7.05 Å². The summed E-state index contributed by atoms with van der Waals surface area (Å²) in [4.78, 5) is 20.0. The topological polar surface area (TPSA) is 88.1 Å². The van der Waals surface area contributed by atoms with E-state index in [-0.39, 0.29) is 17.3 Å². The number of nitrogens with one attached hydrogen (secondary N) is 2. The first-order valence-corrected chi connectivity index (χ1v) is 9.60. The van der Waals surface area contributed by atoms with Gasteiger partial charge in [0.2, 0.25) is 11.9 Å². The minimum Gasteiger partial charge on any atom is -0.378 e. The lowest BCUT2D eigenvalue weighted by atomic mass is 9.74. The summed E-state index contributed by atoms with van der Waals surface area (Å²) in [5.41, 5.74) is 2.16. The first-order chi connectivity index (χ1) is 13.4. The average molecular weight is 387 g/mol. The highest BCUT2D eigenvalue weighted by atomic mass is 19.1. The van der Waals surface area contributed by atoms with Gasteiger partial charge in [-0.2, -0.15) is 4.98 Å². The molecule has 2 N–H and O–H groups in total. The van der Waals surface area contributed by atoms with Gasteiger partial charge in [0.25, 0.3) is 0 Å². The van der Waals surface area contributed by atoms with Gasteiger partial charge in [-0.05, 0) is 18.3 Å². The molecule has 2 aromatic heterocycles. The van der Waals surface area contributed by atoms with E-state index < -0.39 is 5.82 Å². The van der Waals surface area contributed by atoms with Crippen molar-refractivity contribution in [1.29, 1.82) is 0 Å². The lowest BCUT2D eigenvalue weighted by Gasteiger charge is -2.37. The maximum atomic E-state index is 13.7. The van der Waals surface area contributed by atoms with Crippen molar-refractivity contribution < 1.29 is 9.13 Å². The van der Waals surface area contributed by atoms with Crippen LogP contribution in [0.15, 0.2) is 12.4 Å². The van der Waals surface area contributed by atoms with Crippen LogP contribution in [0.2, 0.25) is 0 Å². The number of hydrogen-bond acceptors (Lipinski definition) is 8. The molecule has 1 fully saturated rings. The molecule has 0 amide bonds. The maximum absolute atomic E-state index is 13.7. The van der Waals surface area contributed by atoms with Crippen molar-refractivity contribution in [3.8, 4) is 0 Å². The Bertz CT molecular complexity index is 854. The summed E-state index contributed by atoms with van der Waals surface area (Å²) in [6.45, 7) is 7.47. The van der Waals surface area contributed by atoms with Crippen LogP contribution in [-0.4, -0.2) is 53.3 Å². The van der Waals surface area contributed by atoms with Crippen molar-refractivity contribution in [1.82, 2.24) is 19.9 Å². The van der Waals surface area contributed by atoms with Gasteiger partial charge in [0.1, 0.15) is 0 Å². The molecule has 0 unspecified atom stereocenters. The summed E-state index contributed by atoms with van der Waals surface area (Å²) < 4.78 is 19.1. The summed E-state index contributed by atoms with van der Waals surface area (Å²) >= 11 is 0. The normalized spacial score (nSPS) is 21.1. The summed E-state index contributed by atoms with van der Waals surface area (Å²) in [6, 6.07) is -0.0346. The van der Waals surface area contributed by atoms with Crippen LogP contribution >= 0.6 is 0 Å². The van der Waals surface area contributed by atoms with Gasteiger partial charge in [0, 0.05) is 31.9 Å². The number of ether oxygens (including phenoxy) is 1. The summed E-state index contributed by atoms with van der Waals surface area (Å²) in [5, 5.41) is 6.10. The highest BCUT2D eigenvalue weighted by molar-refractivity contribution is 5.44. The Morgan fingerprint density at radius 3 is 2.71 bits per heavy atom. The zero-order valence-corrected chi connectivity index (χ0v) is 16.5. The molecule has 1 aliphatic carbocycles. The molecule has 0 aromatic carbocycles. The van der Waals surface area contributed by atoms with Gasteiger partial charge >= 0.3 is 0 Å². The van der Waals surface area contributed by atoms with Gasteiger partial charge in [-0.1, -0.05) is 13.8 Å². The van der Waals surface area contributed by atoms with Crippen molar-refractivity contribution in [2.45, 2.75) is 32.7 Å². The Morgan fingerprint density at radius 1 is 1.18 bits per heavy atom. The molecule has 0 saturated carbocycles. The van der Waals surface area contributed by atoms with Crippen LogP contribution in [0.5, 0.6) is 0 Å². The van der Waals surface area contributed by atoms with Crippen LogP contribution < -0.4 is 15.5 Å². The first-order valence-electron chi connectivity index (χ1n) is 9.60. The van der Waals surface area contributed by atoms with Crippen molar-refractivity contribution in [2.24, 2.45) is 5.41 Å². The van der Waals surface area contributed by atoms with Gasteiger partial charge in [0.15, 0.2) is 11.6 Å². The molecule has 1 atom stereocenters. The molecule has 3 heterocycles. The van der Waals surface area contributed by atoms with Gasteiger partial charge in [-0.15, -0.1) is 0 Å². The second-order valence-electron chi connectivity index (χ2n) is 8.05.